The second-order valence-electron chi connectivity index (χ2n) is 9.92. The first-order valence-electron chi connectivity index (χ1n) is 13.1. The first-order valence-corrected chi connectivity index (χ1v) is 13.1. The molecule has 0 aliphatic heterocycles. The van der Waals surface area contributed by atoms with Crippen LogP contribution in [-0.4, -0.2) is 34.7 Å². The first-order chi connectivity index (χ1) is 17.8. The predicted octanol–water partition coefficient (Wildman–Crippen LogP) is 5.92. The predicted molar refractivity (Wildman–Crippen MR) is 143 cm³/mol. The molecule has 0 atom stereocenters. The molecule has 0 N–H and O–H groups in total. The molecule has 0 aliphatic rings. The van der Waals surface area contributed by atoms with E-state index in [2.05, 4.69) is 20.8 Å². The van der Waals surface area contributed by atoms with Crippen molar-refractivity contribution in [3.05, 3.63) is 82.0 Å². The van der Waals surface area contributed by atoms with E-state index in [1.165, 1.54) is 23.3 Å². The highest BCUT2D eigenvalue weighted by Gasteiger charge is 2.23. The van der Waals surface area contributed by atoms with Gasteiger partial charge in [0.05, 0.1) is 30.3 Å². The highest BCUT2D eigenvalue weighted by Crippen LogP contribution is 2.15. The maximum absolute atomic E-state index is 13.6. The number of halogens is 1. The maximum Gasteiger partial charge on any atom is 0.242 e. The molecule has 0 saturated carbocycles. The van der Waals surface area contributed by atoms with Crippen LogP contribution in [0.2, 0.25) is 0 Å². The number of para-hydroxylation sites is 1. The van der Waals surface area contributed by atoms with E-state index >= 15 is 0 Å². The van der Waals surface area contributed by atoms with Crippen molar-refractivity contribution in [3.8, 4) is 0 Å². The van der Waals surface area contributed by atoms with Crippen LogP contribution in [0.25, 0.3) is 11.0 Å². The molecule has 0 aliphatic carbocycles. The Morgan fingerprint density at radius 1 is 0.946 bits per heavy atom. The van der Waals surface area contributed by atoms with E-state index in [-0.39, 0.29) is 42.7 Å². The van der Waals surface area contributed by atoms with Gasteiger partial charge in [0.25, 0.3) is 0 Å². The molecule has 0 saturated heterocycles. The van der Waals surface area contributed by atoms with Crippen LogP contribution in [0.4, 0.5) is 4.39 Å². The fourth-order valence-electron chi connectivity index (χ4n) is 4.13. The average Bonchev–Trinajstić information content (AvgIpc) is 2.88. The Morgan fingerprint density at radius 3 is 2.38 bits per heavy atom. The molecule has 0 spiro atoms. The number of amides is 2. The van der Waals surface area contributed by atoms with Gasteiger partial charge in [0.1, 0.15) is 11.4 Å². The average molecular weight is 509 g/mol. The molecule has 6 nitrogen and oxygen atoms in total. The van der Waals surface area contributed by atoms with Gasteiger partial charge >= 0.3 is 0 Å². The molecule has 2 aromatic carbocycles. The van der Waals surface area contributed by atoms with Crippen LogP contribution in [0, 0.1) is 11.7 Å². The minimum Gasteiger partial charge on any atom is -0.464 e. The van der Waals surface area contributed by atoms with E-state index in [0.29, 0.717) is 35.4 Å². The van der Waals surface area contributed by atoms with Crippen LogP contribution in [0.15, 0.2) is 64.0 Å². The summed E-state index contributed by atoms with van der Waals surface area (Å²) in [6.45, 7) is 6.87. The van der Waals surface area contributed by atoms with Crippen molar-refractivity contribution in [3.63, 3.8) is 0 Å². The zero-order valence-corrected chi connectivity index (χ0v) is 22.0. The van der Waals surface area contributed by atoms with Gasteiger partial charge in [-0.05, 0) is 48.6 Å². The van der Waals surface area contributed by atoms with Gasteiger partial charge in [-0.25, -0.2) is 4.39 Å². The Morgan fingerprint density at radius 2 is 1.68 bits per heavy atom. The number of fused-ring (bicyclic) bond motifs is 1. The summed E-state index contributed by atoms with van der Waals surface area (Å²) < 4.78 is 19.1. The lowest BCUT2D eigenvalue weighted by molar-refractivity contribution is -0.141. The number of unbranched alkanes of at least 4 members (excludes halogenated alkanes) is 2. The summed E-state index contributed by atoms with van der Waals surface area (Å²) in [4.78, 5) is 42.9. The van der Waals surface area contributed by atoms with Crippen molar-refractivity contribution < 1.29 is 18.4 Å². The van der Waals surface area contributed by atoms with Crippen molar-refractivity contribution >= 4 is 22.8 Å². The summed E-state index contributed by atoms with van der Waals surface area (Å²) in [5.41, 5.74) is 1.34. The van der Waals surface area contributed by atoms with E-state index in [1.807, 2.05) is 0 Å². The molecular weight excluding hydrogens is 471 g/mol. The van der Waals surface area contributed by atoms with Gasteiger partial charge in [-0.15, -0.1) is 0 Å². The van der Waals surface area contributed by atoms with Crippen LogP contribution in [0.5, 0.6) is 0 Å². The lowest BCUT2D eigenvalue weighted by Crippen LogP contribution is -2.43. The summed E-state index contributed by atoms with van der Waals surface area (Å²) in [6, 6.07) is 12.9. The Hall–Kier alpha value is -3.48. The monoisotopic (exact) mass is 508 g/mol. The normalized spacial score (nSPS) is 11.2. The third-order valence-corrected chi connectivity index (χ3v) is 6.40. The van der Waals surface area contributed by atoms with Gasteiger partial charge < -0.3 is 14.2 Å². The highest BCUT2D eigenvalue weighted by atomic mass is 19.1. The van der Waals surface area contributed by atoms with Gasteiger partial charge in [-0.3, -0.25) is 14.4 Å². The molecule has 198 valence electrons. The fourth-order valence-corrected chi connectivity index (χ4v) is 4.13. The zero-order chi connectivity index (χ0) is 26.8. The van der Waals surface area contributed by atoms with E-state index < -0.39 is 0 Å². The smallest absolute Gasteiger partial charge is 0.242 e. The molecular formula is C30H37FN2O4. The molecule has 0 radical (unpaired) electrons. The van der Waals surface area contributed by atoms with E-state index in [4.69, 9.17) is 4.42 Å². The fraction of sp³-hybridized carbons (Fsp3) is 0.433. The standard InChI is InChI=1S/C30H37FN2O4/c1-4-5-6-11-28(34)32(17-16-22(2)3)20-29(35)33(18-23-12-14-25(31)15-13-23)19-24-21-37-27-10-8-7-9-26(27)30(24)36/h7-10,12-15,21-22H,4-6,11,16-20H2,1-3H3. The summed E-state index contributed by atoms with van der Waals surface area (Å²) in [6.07, 6.45) is 5.36. The summed E-state index contributed by atoms with van der Waals surface area (Å²) >= 11 is 0. The maximum atomic E-state index is 13.6. The van der Waals surface area contributed by atoms with E-state index in [9.17, 15) is 18.8 Å². The molecule has 0 unspecified atom stereocenters. The SMILES string of the molecule is CCCCCC(=O)N(CCC(C)C)CC(=O)N(Cc1ccc(F)cc1)Cc1coc2ccccc2c1=O. The van der Waals surface area contributed by atoms with Gasteiger partial charge in [0, 0.05) is 19.5 Å². The minimum absolute atomic E-state index is 0.0193. The summed E-state index contributed by atoms with van der Waals surface area (Å²) in [5, 5.41) is 0.443. The van der Waals surface area contributed by atoms with E-state index in [1.54, 1.807) is 41.3 Å². The van der Waals surface area contributed by atoms with Gasteiger partial charge in [0.2, 0.25) is 11.8 Å². The minimum atomic E-state index is -0.366. The summed E-state index contributed by atoms with van der Waals surface area (Å²) in [5.74, 6) is -0.285. The molecule has 0 fully saturated rings. The quantitative estimate of drug-likeness (QED) is 0.269. The molecule has 3 aromatic rings. The number of carbonyl (C=O) groups is 2. The van der Waals surface area contributed by atoms with Crippen LogP contribution in [-0.2, 0) is 22.7 Å². The van der Waals surface area contributed by atoms with Gasteiger partial charge in [-0.2, -0.15) is 0 Å². The number of benzene rings is 2. The van der Waals surface area contributed by atoms with Crippen molar-refractivity contribution in [2.45, 2.75) is 66.0 Å². The molecule has 37 heavy (non-hydrogen) atoms. The number of hydrogen-bond donors (Lipinski definition) is 0. The Balaban J connectivity index is 1.86. The van der Waals surface area contributed by atoms with Crippen molar-refractivity contribution in [2.24, 2.45) is 5.92 Å². The molecule has 0 bridgehead atoms. The number of hydrogen-bond acceptors (Lipinski definition) is 4. The molecule has 1 aromatic heterocycles. The molecule has 1 heterocycles. The van der Waals surface area contributed by atoms with Gasteiger partial charge in [0.15, 0.2) is 5.43 Å². The Kier molecular flexibility index (Phi) is 10.4. The third kappa shape index (κ3) is 8.27. The van der Waals surface area contributed by atoms with Crippen LogP contribution in [0.3, 0.4) is 0 Å². The highest BCUT2D eigenvalue weighted by molar-refractivity contribution is 5.85. The lowest BCUT2D eigenvalue weighted by atomic mass is 10.1. The zero-order valence-electron chi connectivity index (χ0n) is 22.0. The van der Waals surface area contributed by atoms with Crippen molar-refractivity contribution in [2.75, 3.05) is 13.1 Å². The topological polar surface area (TPSA) is 70.8 Å². The largest absolute Gasteiger partial charge is 0.464 e. The second-order valence-corrected chi connectivity index (χ2v) is 9.92. The molecule has 7 heteroatoms. The Bertz CT molecular complexity index is 1240. The van der Waals surface area contributed by atoms with Crippen LogP contribution in [0.1, 0.15) is 64.0 Å². The van der Waals surface area contributed by atoms with Crippen molar-refractivity contribution in [1.82, 2.24) is 9.80 Å². The van der Waals surface area contributed by atoms with E-state index in [0.717, 1.165) is 31.2 Å². The molecule has 2 amide bonds. The second kappa shape index (κ2) is 13.7. The number of carbonyl (C=O) groups excluding carboxylic acids is 2. The third-order valence-electron chi connectivity index (χ3n) is 6.40. The van der Waals surface area contributed by atoms with Crippen molar-refractivity contribution in [1.29, 1.82) is 0 Å². The number of nitrogens with zero attached hydrogens (tertiary/aromatic N) is 2. The molecule has 3 rings (SSSR count). The summed E-state index contributed by atoms with van der Waals surface area (Å²) in [7, 11) is 0. The van der Waals surface area contributed by atoms with Crippen LogP contribution >= 0.6 is 0 Å². The van der Waals surface area contributed by atoms with Crippen LogP contribution < -0.4 is 5.43 Å². The Labute approximate surface area is 218 Å². The van der Waals surface area contributed by atoms with Gasteiger partial charge in [-0.1, -0.05) is 57.9 Å². The lowest BCUT2D eigenvalue weighted by Gasteiger charge is -2.28. The number of rotatable bonds is 13. The first kappa shape index (κ1) is 28.1.